The number of likely N-dealkylation sites (tertiary alicyclic amines) is 1. The summed E-state index contributed by atoms with van der Waals surface area (Å²) < 4.78 is 25.1. The van der Waals surface area contributed by atoms with Gasteiger partial charge in [0.25, 0.3) is 5.91 Å². The van der Waals surface area contributed by atoms with Gasteiger partial charge in [0.1, 0.15) is 12.5 Å². The van der Waals surface area contributed by atoms with Crippen LogP contribution in [0.2, 0.25) is 0 Å². The predicted molar refractivity (Wildman–Crippen MR) is 98.6 cm³/mol. The van der Waals surface area contributed by atoms with E-state index < -0.39 is 11.7 Å². The predicted octanol–water partition coefficient (Wildman–Crippen LogP) is 3.07. The number of hydrogen-bond acceptors (Lipinski definition) is 4. The zero-order chi connectivity index (χ0) is 19.4. The minimum atomic E-state index is -0.542. The molecule has 0 radical (unpaired) electrons. The van der Waals surface area contributed by atoms with Crippen molar-refractivity contribution in [3.63, 3.8) is 0 Å². The molecule has 2 aromatic carbocycles. The zero-order valence-corrected chi connectivity index (χ0v) is 15.3. The minimum absolute atomic E-state index is 0.0288. The van der Waals surface area contributed by atoms with Gasteiger partial charge in [-0.15, -0.1) is 0 Å². The second-order valence-electron chi connectivity index (χ2n) is 6.13. The first kappa shape index (κ1) is 18.7. The number of halogens is 1. The fraction of sp³-hybridized carbons (Fsp3) is 0.300. The number of amides is 2. The fourth-order valence-corrected chi connectivity index (χ4v) is 3.15. The Labute approximate surface area is 157 Å². The van der Waals surface area contributed by atoms with E-state index in [1.165, 1.54) is 31.3 Å². The van der Waals surface area contributed by atoms with Crippen molar-refractivity contribution in [3.8, 4) is 11.5 Å². The second kappa shape index (κ2) is 8.07. The van der Waals surface area contributed by atoms with Crippen LogP contribution in [0.5, 0.6) is 11.5 Å². The molecule has 0 atom stereocenters. The summed E-state index contributed by atoms with van der Waals surface area (Å²) in [6, 6.07) is 10.9. The third kappa shape index (κ3) is 3.72. The Morgan fingerprint density at radius 1 is 1.15 bits per heavy atom. The van der Waals surface area contributed by atoms with E-state index in [-0.39, 0.29) is 29.6 Å². The minimum Gasteiger partial charge on any atom is -0.493 e. The molecule has 6 nitrogen and oxygen atoms in total. The molecular weight excluding hydrogens is 351 g/mol. The summed E-state index contributed by atoms with van der Waals surface area (Å²) in [6.45, 7) is 0.505. The highest BCUT2D eigenvalue weighted by atomic mass is 19.1. The fourth-order valence-electron chi connectivity index (χ4n) is 3.15. The first-order chi connectivity index (χ1) is 13.1. The Bertz CT molecular complexity index is 856. The number of rotatable bonds is 6. The van der Waals surface area contributed by atoms with Gasteiger partial charge in [0, 0.05) is 13.0 Å². The highest BCUT2D eigenvalue weighted by molar-refractivity contribution is 6.08. The molecule has 142 valence electrons. The summed E-state index contributed by atoms with van der Waals surface area (Å²) in [5.74, 6) is -0.412. The number of methoxy groups -OCH3 is 2. The molecule has 0 unspecified atom stereocenters. The SMILES string of the molecule is COc1cccc(C(=O)N(CN2CCCC2=O)c2ccccc2F)c1OC. The molecule has 2 amide bonds. The lowest BCUT2D eigenvalue weighted by molar-refractivity contribution is -0.127. The van der Waals surface area contributed by atoms with Crippen molar-refractivity contribution in [1.29, 1.82) is 0 Å². The average molecular weight is 372 g/mol. The van der Waals surface area contributed by atoms with Crippen LogP contribution in [0.3, 0.4) is 0 Å². The molecule has 1 fully saturated rings. The van der Waals surface area contributed by atoms with E-state index in [2.05, 4.69) is 0 Å². The molecule has 0 N–H and O–H groups in total. The molecule has 1 aliphatic heterocycles. The van der Waals surface area contributed by atoms with Crippen LogP contribution in [0.15, 0.2) is 42.5 Å². The summed E-state index contributed by atoms with van der Waals surface area (Å²) >= 11 is 0. The number of carbonyl (C=O) groups is 2. The summed E-state index contributed by atoms with van der Waals surface area (Å²) in [6.07, 6.45) is 1.16. The molecule has 1 saturated heterocycles. The third-order valence-electron chi connectivity index (χ3n) is 4.51. The zero-order valence-electron chi connectivity index (χ0n) is 15.3. The van der Waals surface area contributed by atoms with Crippen molar-refractivity contribution in [2.75, 3.05) is 32.3 Å². The number of nitrogens with zero attached hydrogens (tertiary/aromatic N) is 2. The van der Waals surface area contributed by atoms with Gasteiger partial charge in [-0.05, 0) is 30.7 Å². The van der Waals surface area contributed by atoms with Crippen LogP contribution in [-0.4, -0.2) is 44.1 Å². The molecule has 0 spiro atoms. The quantitative estimate of drug-likeness (QED) is 0.782. The average Bonchev–Trinajstić information content (AvgIpc) is 3.10. The van der Waals surface area contributed by atoms with Gasteiger partial charge in [-0.25, -0.2) is 4.39 Å². The van der Waals surface area contributed by atoms with Gasteiger partial charge >= 0.3 is 0 Å². The monoisotopic (exact) mass is 372 g/mol. The smallest absolute Gasteiger partial charge is 0.263 e. The van der Waals surface area contributed by atoms with Gasteiger partial charge in [-0.1, -0.05) is 18.2 Å². The maximum atomic E-state index is 14.5. The van der Waals surface area contributed by atoms with Gasteiger partial charge < -0.3 is 14.4 Å². The van der Waals surface area contributed by atoms with E-state index in [9.17, 15) is 14.0 Å². The van der Waals surface area contributed by atoms with Gasteiger partial charge in [-0.3, -0.25) is 14.5 Å². The van der Waals surface area contributed by atoms with Gasteiger partial charge in [-0.2, -0.15) is 0 Å². The summed E-state index contributed by atoms with van der Waals surface area (Å²) in [5.41, 5.74) is 0.332. The van der Waals surface area contributed by atoms with Crippen LogP contribution in [0, 0.1) is 5.82 Å². The Hall–Kier alpha value is -3.09. The Kier molecular flexibility index (Phi) is 5.59. The van der Waals surface area contributed by atoms with Crippen molar-refractivity contribution in [2.45, 2.75) is 12.8 Å². The van der Waals surface area contributed by atoms with Crippen LogP contribution >= 0.6 is 0 Å². The molecule has 1 aliphatic rings. The molecule has 27 heavy (non-hydrogen) atoms. The first-order valence-electron chi connectivity index (χ1n) is 8.62. The summed E-state index contributed by atoms with van der Waals surface area (Å²) in [5, 5.41) is 0. The lowest BCUT2D eigenvalue weighted by Crippen LogP contribution is -2.42. The maximum Gasteiger partial charge on any atom is 0.263 e. The van der Waals surface area contributed by atoms with Crippen LogP contribution in [0.25, 0.3) is 0 Å². The molecule has 0 bridgehead atoms. The van der Waals surface area contributed by atoms with E-state index in [0.29, 0.717) is 18.7 Å². The Balaban J connectivity index is 2.04. The van der Waals surface area contributed by atoms with Gasteiger partial charge in [0.15, 0.2) is 11.5 Å². The highest BCUT2D eigenvalue weighted by Crippen LogP contribution is 2.33. The molecule has 0 aromatic heterocycles. The summed E-state index contributed by atoms with van der Waals surface area (Å²) in [4.78, 5) is 28.2. The van der Waals surface area contributed by atoms with Crippen molar-refractivity contribution in [2.24, 2.45) is 0 Å². The molecule has 3 rings (SSSR count). The van der Waals surface area contributed by atoms with Crippen LogP contribution in [0.1, 0.15) is 23.2 Å². The van der Waals surface area contributed by atoms with Gasteiger partial charge in [0.2, 0.25) is 5.91 Å². The standard InChI is InChI=1S/C20H21FN2O4/c1-26-17-10-5-7-14(19(17)27-2)20(25)23(13-22-12-6-11-18(22)24)16-9-4-3-8-15(16)21/h3-5,7-10H,6,11-13H2,1-2H3. The number of hydrogen-bond donors (Lipinski definition) is 0. The van der Waals surface area contributed by atoms with Crippen molar-refractivity contribution in [3.05, 3.63) is 53.8 Å². The van der Waals surface area contributed by atoms with E-state index in [0.717, 1.165) is 6.42 Å². The lowest BCUT2D eigenvalue weighted by atomic mass is 10.1. The number of benzene rings is 2. The van der Waals surface area contributed by atoms with Gasteiger partial charge in [0.05, 0.1) is 25.5 Å². The van der Waals surface area contributed by atoms with E-state index >= 15 is 0 Å². The normalized spacial score (nSPS) is 13.6. The molecule has 1 heterocycles. The second-order valence-corrected chi connectivity index (χ2v) is 6.13. The van der Waals surface area contributed by atoms with Crippen molar-refractivity contribution >= 4 is 17.5 Å². The number of ether oxygens (including phenoxy) is 2. The number of carbonyl (C=O) groups excluding carboxylic acids is 2. The van der Waals surface area contributed by atoms with Crippen LogP contribution < -0.4 is 14.4 Å². The number of anilines is 1. The van der Waals surface area contributed by atoms with Crippen LogP contribution in [0.4, 0.5) is 10.1 Å². The first-order valence-corrected chi connectivity index (χ1v) is 8.62. The van der Waals surface area contributed by atoms with Crippen molar-refractivity contribution < 1.29 is 23.5 Å². The molecule has 2 aromatic rings. The molecular formula is C20H21FN2O4. The topological polar surface area (TPSA) is 59.1 Å². The highest BCUT2D eigenvalue weighted by Gasteiger charge is 2.29. The lowest BCUT2D eigenvalue weighted by Gasteiger charge is -2.29. The Morgan fingerprint density at radius 3 is 2.56 bits per heavy atom. The van der Waals surface area contributed by atoms with E-state index in [4.69, 9.17) is 9.47 Å². The maximum absolute atomic E-state index is 14.5. The van der Waals surface area contributed by atoms with E-state index in [1.54, 1.807) is 35.2 Å². The largest absolute Gasteiger partial charge is 0.493 e. The van der Waals surface area contributed by atoms with Crippen molar-refractivity contribution in [1.82, 2.24) is 4.90 Å². The van der Waals surface area contributed by atoms with Crippen LogP contribution in [-0.2, 0) is 4.79 Å². The molecule has 0 aliphatic carbocycles. The molecule has 0 saturated carbocycles. The third-order valence-corrected chi connectivity index (χ3v) is 4.51. The summed E-state index contributed by atoms with van der Waals surface area (Å²) in [7, 11) is 2.91. The van der Waals surface area contributed by atoms with E-state index in [1.807, 2.05) is 0 Å². The Morgan fingerprint density at radius 2 is 1.93 bits per heavy atom. The number of para-hydroxylation sites is 2. The molecule has 7 heteroatoms.